The summed E-state index contributed by atoms with van der Waals surface area (Å²) in [6.07, 6.45) is 4.53. The summed E-state index contributed by atoms with van der Waals surface area (Å²) in [7, 11) is 3.31. The van der Waals surface area contributed by atoms with Crippen molar-refractivity contribution < 1.29 is 9.47 Å². The first-order chi connectivity index (χ1) is 6.35. The van der Waals surface area contributed by atoms with Crippen molar-refractivity contribution in [3.8, 4) is 0 Å². The third-order valence-electron chi connectivity index (χ3n) is 1.79. The number of ether oxygens (including phenoxy) is 2. The zero-order valence-corrected chi connectivity index (χ0v) is 9.65. The van der Waals surface area contributed by atoms with Crippen LogP contribution in [0.5, 0.6) is 0 Å². The van der Waals surface area contributed by atoms with Crippen LogP contribution in [0.3, 0.4) is 0 Å². The van der Waals surface area contributed by atoms with Crippen LogP contribution in [0.4, 0.5) is 0 Å². The quantitative estimate of drug-likeness (QED) is 0.456. The lowest BCUT2D eigenvalue weighted by Crippen LogP contribution is -2.30. The van der Waals surface area contributed by atoms with E-state index in [0.29, 0.717) is 0 Å². The normalized spacial score (nSPS) is 11.1. The van der Waals surface area contributed by atoms with Gasteiger partial charge in [-0.25, -0.2) is 0 Å². The molecule has 0 radical (unpaired) electrons. The van der Waals surface area contributed by atoms with Gasteiger partial charge in [-0.2, -0.15) is 11.8 Å². The molecule has 3 nitrogen and oxygen atoms in total. The van der Waals surface area contributed by atoms with Gasteiger partial charge in [-0.1, -0.05) is 0 Å². The van der Waals surface area contributed by atoms with Crippen molar-refractivity contribution in [2.24, 2.45) is 0 Å². The Labute approximate surface area is 85.6 Å². The minimum Gasteiger partial charge on any atom is -0.355 e. The monoisotopic (exact) mass is 207 g/mol. The van der Waals surface area contributed by atoms with Gasteiger partial charge in [0.1, 0.15) is 0 Å². The highest BCUT2D eigenvalue weighted by atomic mass is 32.2. The fraction of sp³-hybridized carbons (Fsp3) is 1.00. The minimum absolute atomic E-state index is 0.111. The highest BCUT2D eigenvalue weighted by Crippen LogP contribution is 1.97. The van der Waals surface area contributed by atoms with Crippen LogP contribution < -0.4 is 5.32 Å². The maximum absolute atomic E-state index is 5.04. The van der Waals surface area contributed by atoms with E-state index >= 15 is 0 Å². The molecule has 0 aromatic carbocycles. The van der Waals surface area contributed by atoms with E-state index in [1.54, 1.807) is 14.2 Å². The van der Waals surface area contributed by atoms with Gasteiger partial charge in [0.15, 0.2) is 6.29 Å². The summed E-state index contributed by atoms with van der Waals surface area (Å²) >= 11 is 1.90. The van der Waals surface area contributed by atoms with Gasteiger partial charge in [-0.15, -0.1) is 0 Å². The van der Waals surface area contributed by atoms with Gasteiger partial charge in [0.25, 0.3) is 0 Å². The second-order valence-corrected chi connectivity index (χ2v) is 3.79. The van der Waals surface area contributed by atoms with Crippen LogP contribution in [0.1, 0.15) is 12.8 Å². The Kier molecular flexibility index (Phi) is 10.5. The van der Waals surface area contributed by atoms with E-state index < -0.39 is 0 Å². The molecule has 0 saturated carbocycles. The Bertz CT molecular complexity index is 99.6. The van der Waals surface area contributed by atoms with E-state index in [2.05, 4.69) is 11.6 Å². The van der Waals surface area contributed by atoms with Crippen LogP contribution >= 0.6 is 11.8 Å². The molecule has 4 heteroatoms. The summed E-state index contributed by atoms with van der Waals surface area (Å²) < 4.78 is 10.1. The predicted octanol–water partition coefficient (Wildman–Crippen LogP) is 1.34. The summed E-state index contributed by atoms with van der Waals surface area (Å²) in [4.78, 5) is 0. The molecule has 0 aliphatic rings. The van der Waals surface area contributed by atoms with Gasteiger partial charge in [0.05, 0.1) is 0 Å². The Hall–Kier alpha value is 0.230. The largest absolute Gasteiger partial charge is 0.355 e. The third-order valence-corrected chi connectivity index (χ3v) is 2.49. The Morgan fingerprint density at radius 1 is 1.23 bits per heavy atom. The molecule has 0 heterocycles. The fourth-order valence-corrected chi connectivity index (χ4v) is 1.47. The van der Waals surface area contributed by atoms with E-state index in [4.69, 9.17) is 9.47 Å². The molecule has 0 aromatic heterocycles. The van der Waals surface area contributed by atoms with Gasteiger partial charge in [0, 0.05) is 20.8 Å². The van der Waals surface area contributed by atoms with Crippen molar-refractivity contribution in [2.75, 3.05) is 39.3 Å². The summed E-state index contributed by atoms with van der Waals surface area (Å²) in [6.45, 7) is 1.82. The molecular formula is C9H21NO2S. The van der Waals surface area contributed by atoms with Crippen molar-refractivity contribution in [3.63, 3.8) is 0 Å². The summed E-state index contributed by atoms with van der Waals surface area (Å²) in [5.41, 5.74) is 0. The van der Waals surface area contributed by atoms with Crippen molar-refractivity contribution in [1.82, 2.24) is 5.32 Å². The molecule has 0 amide bonds. The number of hydrogen-bond acceptors (Lipinski definition) is 4. The van der Waals surface area contributed by atoms with Gasteiger partial charge in [0.2, 0.25) is 0 Å². The number of thioether (sulfide) groups is 1. The topological polar surface area (TPSA) is 30.5 Å². The molecule has 1 N–H and O–H groups in total. The van der Waals surface area contributed by atoms with Crippen LogP contribution in [0.15, 0.2) is 0 Å². The zero-order chi connectivity index (χ0) is 9.94. The molecule has 0 atom stereocenters. The summed E-state index contributed by atoms with van der Waals surface area (Å²) in [5, 5.41) is 3.29. The summed E-state index contributed by atoms with van der Waals surface area (Å²) in [5.74, 6) is 1.25. The first kappa shape index (κ1) is 13.2. The maximum atomic E-state index is 5.04. The van der Waals surface area contributed by atoms with E-state index in [9.17, 15) is 0 Å². The average Bonchev–Trinajstić information content (AvgIpc) is 2.17. The zero-order valence-electron chi connectivity index (χ0n) is 8.84. The Morgan fingerprint density at radius 2 is 1.92 bits per heavy atom. The molecule has 0 spiro atoms. The molecule has 13 heavy (non-hydrogen) atoms. The highest BCUT2D eigenvalue weighted by Gasteiger charge is 2.02. The van der Waals surface area contributed by atoms with Crippen molar-refractivity contribution >= 4 is 11.8 Å². The Morgan fingerprint density at radius 3 is 2.46 bits per heavy atom. The standard InChI is InChI=1S/C9H21NO2S/c1-11-9(12-2)8-10-6-4-5-7-13-3/h9-10H,4-8H2,1-3H3. The van der Waals surface area contributed by atoms with Gasteiger partial charge >= 0.3 is 0 Å². The van der Waals surface area contributed by atoms with Gasteiger partial charge in [-0.3, -0.25) is 0 Å². The molecule has 0 aliphatic heterocycles. The number of nitrogens with one attached hydrogen (secondary N) is 1. The van der Waals surface area contributed by atoms with E-state index in [1.807, 2.05) is 11.8 Å². The number of methoxy groups -OCH3 is 2. The lowest BCUT2D eigenvalue weighted by atomic mass is 10.3. The summed E-state index contributed by atoms with van der Waals surface area (Å²) in [6, 6.07) is 0. The van der Waals surface area contributed by atoms with Crippen LogP contribution in [0.2, 0.25) is 0 Å². The fourth-order valence-electron chi connectivity index (χ4n) is 0.979. The van der Waals surface area contributed by atoms with Crippen molar-refractivity contribution in [1.29, 1.82) is 0 Å². The van der Waals surface area contributed by atoms with E-state index in [1.165, 1.54) is 18.6 Å². The van der Waals surface area contributed by atoms with Gasteiger partial charge in [-0.05, 0) is 31.4 Å². The number of hydrogen-bond donors (Lipinski definition) is 1. The smallest absolute Gasteiger partial charge is 0.169 e. The Balaban J connectivity index is 3.05. The minimum atomic E-state index is -0.111. The highest BCUT2D eigenvalue weighted by molar-refractivity contribution is 7.98. The maximum Gasteiger partial charge on any atom is 0.169 e. The SMILES string of the molecule is COC(CNCCCCSC)OC. The van der Waals surface area contributed by atoms with Crippen molar-refractivity contribution in [3.05, 3.63) is 0 Å². The average molecular weight is 207 g/mol. The first-order valence-corrected chi connectivity index (χ1v) is 5.99. The molecule has 0 fully saturated rings. The first-order valence-electron chi connectivity index (χ1n) is 4.60. The van der Waals surface area contributed by atoms with Crippen LogP contribution in [0.25, 0.3) is 0 Å². The molecule has 0 rings (SSSR count). The van der Waals surface area contributed by atoms with Crippen molar-refractivity contribution in [2.45, 2.75) is 19.1 Å². The van der Waals surface area contributed by atoms with E-state index in [0.717, 1.165) is 13.1 Å². The van der Waals surface area contributed by atoms with E-state index in [-0.39, 0.29) is 6.29 Å². The second kappa shape index (κ2) is 10.3. The molecule has 0 bridgehead atoms. The van der Waals surface area contributed by atoms with Crippen LogP contribution in [-0.4, -0.2) is 45.6 Å². The number of unbranched alkanes of at least 4 members (excludes halogenated alkanes) is 1. The molecule has 80 valence electrons. The van der Waals surface area contributed by atoms with Crippen LogP contribution in [-0.2, 0) is 9.47 Å². The molecular weight excluding hydrogens is 186 g/mol. The molecule has 0 saturated heterocycles. The molecule has 0 unspecified atom stereocenters. The number of rotatable bonds is 9. The molecule has 0 aliphatic carbocycles. The molecule has 0 aromatic rings. The third kappa shape index (κ3) is 8.56. The predicted molar refractivity (Wildman–Crippen MR) is 58.3 cm³/mol. The lowest BCUT2D eigenvalue weighted by Gasteiger charge is -2.13. The van der Waals surface area contributed by atoms with Crippen LogP contribution in [0, 0.1) is 0 Å². The second-order valence-electron chi connectivity index (χ2n) is 2.80. The van der Waals surface area contributed by atoms with Gasteiger partial charge < -0.3 is 14.8 Å². The lowest BCUT2D eigenvalue weighted by molar-refractivity contribution is -0.0986.